The van der Waals surface area contributed by atoms with Crippen molar-refractivity contribution < 1.29 is 14.3 Å². The van der Waals surface area contributed by atoms with Gasteiger partial charge in [-0.3, -0.25) is 4.79 Å². The Labute approximate surface area is 141 Å². The van der Waals surface area contributed by atoms with E-state index in [1.165, 1.54) is 7.41 Å². The van der Waals surface area contributed by atoms with Gasteiger partial charge in [-0.25, -0.2) is 4.98 Å². The average Bonchev–Trinajstić information content (AvgIpc) is 2.63. The van der Waals surface area contributed by atoms with E-state index in [4.69, 9.17) is 4.74 Å². The summed E-state index contributed by atoms with van der Waals surface area (Å²) in [5, 5.41) is 0. The number of ketones is 1. The number of carbonyl (C=O) groups is 2. The molecule has 2 aromatic rings. The molecule has 6 heteroatoms. The third-order valence-corrected chi connectivity index (χ3v) is 4.11. The summed E-state index contributed by atoms with van der Waals surface area (Å²) < 4.78 is 5.66. The molecule has 0 bridgehead atoms. The molecule has 0 spiro atoms. The molecule has 1 aromatic carbocycles. The van der Waals surface area contributed by atoms with Gasteiger partial charge in [-0.15, -0.1) is 0 Å². The van der Waals surface area contributed by atoms with Crippen LogP contribution in [-0.2, 0) is 16.2 Å². The number of hydrogen-bond donors (Lipinski definition) is 0. The molecule has 1 saturated heterocycles. The molecular formula is C18H18BN2O3. The number of nitrogens with zero attached hydrogens (tertiary/aromatic N) is 2. The summed E-state index contributed by atoms with van der Waals surface area (Å²) in [6.07, 6.45) is 2.89. The van der Waals surface area contributed by atoms with Gasteiger partial charge in [0, 0.05) is 25.2 Å². The minimum absolute atomic E-state index is 0.185. The van der Waals surface area contributed by atoms with E-state index in [0.717, 1.165) is 17.3 Å². The van der Waals surface area contributed by atoms with Gasteiger partial charge in [-0.2, -0.15) is 0 Å². The van der Waals surface area contributed by atoms with Crippen LogP contribution in [0.3, 0.4) is 0 Å². The number of rotatable bonds is 6. The number of aromatic nitrogens is 1. The smallest absolute Gasteiger partial charge is 0.293 e. The second-order valence-corrected chi connectivity index (χ2v) is 5.75. The Bertz CT molecular complexity index is 691. The highest BCUT2D eigenvalue weighted by Crippen LogP contribution is 2.24. The molecule has 1 aromatic heterocycles. The van der Waals surface area contributed by atoms with Crippen molar-refractivity contribution in [2.45, 2.75) is 18.9 Å². The largest absolute Gasteiger partial charge is 0.473 e. The summed E-state index contributed by atoms with van der Waals surface area (Å²) in [6.45, 7) is 1.57. The lowest BCUT2D eigenvalue weighted by Crippen LogP contribution is -2.42. The average molecular weight is 321 g/mol. The maximum atomic E-state index is 12.2. The molecule has 121 valence electrons. The summed E-state index contributed by atoms with van der Waals surface area (Å²) in [6, 6.07) is 13.5. The van der Waals surface area contributed by atoms with Crippen LogP contribution in [0.2, 0.25) is 0 Å². The second-order valence-electron chi connectivity index (χ2n) is 5.75. The van der Waals surface area contributed by atoms with E-state index >= 15 is 0 Å². The summed E-state index contributed by atoms with van der Waals surface area (Å²) in [5.41, 5.74) is 1.93. The molecule has 0 amide bonds. The fraction of sp³-hybridized carbons (Fsp3) is 0.278. The molecule has 0 aliphatic carbocycles. The zero-order valence-corrected chi connectivity index (χ0v) is 13.3. The standard InChI is InChI=1S/C18H18BN2O3/c22-13-19-21-9-8-17(23)16(11-21)15-6-7-18(20-10-15)24-12-14-4-2-1-3-5-14/h1-7,10,13,16H,8-9,11-12H2. The molecule has 0 saturated carbocycles. The molecule has 2 heterocycles. The fourth-order valence-corrected chi connectivity index (χ4v) is 2.78. The maximum absolute atomic E-state index is 12.2. The Morgan fingerprint density at radius 3 is 2.79 bits per heavy atom. The predicted molar refractivity (Wildman–Crippen MR) is 91.5 cm³/mol. The molecule has 24 heavy (non-hydrogen) atoms. The quantitative estimate of drug-likeness (QED) is 0.600. The Morgan fingerprint density at radius 1 is 1.25 bits per heavy atom. The minimum atomic E-state index is -0.245. The monoisotopic (exact) mass is 321 g/mol. The van der Waals surface area contributed by atoms with Crippen LogP contribution in [-0.4, -0.2) is 42.3 Å². The van der Waals surface area contributed by atoms with Gasteiger partial charge in [0.25, 0.3) is 7.41 Å². The Balaban J connectivity index is 1.63. The minimum Gasteiger partial charge on any atom is -0.473 e. The normalized spacial score (nSPS) is 18.2. The van der Waals surface area contributed by atoms with Crippen molar-refractivity contribution in [3.05, 3.63) is 59.8 Å². The number of carbonyl (C=O) groups excluding carboxylic acids is 2. The lowest BCUT2D eigenvalue weighted by Gasteiger charge is -2.30. The second kappa shape index (κ2) is 7.88. The van der Waals surface area contributed by atoms with E-state index in [2.05, 4.69) is 4.98 Å². The van der Waals surface area contributed by atoms with Crippen molar-refractivity contribution in [3.63, 3.8) is 0 Å². The van der Waals surface area contributed by atoms with Crippen LogP contribution in [0.25, 0.3) is 0 Å². The summed E-state index contributed by atoms with van der Waals surface area (Å²) in [7, 11) is 1.49. The molecule has 5 nitrogen and oxygen atoms in total. The van der Waals surface area contributed by atoms with Gasteiger partial charge >= 0.3 is 0 Å². The zero-order chi connectivity index (χ0) is 16.8. The van der Waals surface area contributed by atoms with E-state index in [9.17, 15) is 9.59 Å². The maximum Gasteiger partial charge on any atom is 0.293 e. The van der Waals surface area contributed by atoms with Crippen molar-refractivity contribution in [1.29, 1.82) is 0 Å². The van der Waals surface area contributed by atoms with E-state index in [1.54, 1.807) is 12.3 Å². The van der Waals surface area contributed by atoms with Crippen LogP contribution < -0.4 is 4.74 Å². The molecule has 1 aliphatic heterocycles. The first-order valence-corrected chi connectivity index (χ1v) is 7.94. The highest BCUT2D eigenvalue weighted by Gasteiger charge is 2.28. The first kappa shape index (κ1) is 16.4. The highest BCUT2D eigenvalue weighted by molar-refractivity contribution is 6.64. The molecule has 1 aliphatic rings. The van der Waals surface area contributed by atoms with Crippen LogP contribution in [0.15, 0.2) is 48.7 Å². The third kappa shape index (κ3) is 4.08. The van der Waals surface area contributed by atoms with Gasteiger partial charge in [0.15, 0.2) is 0 Å². The van der Waals surface area contributed by atoms with Gasteiger partial charge in [0.2, 0.25) is 5.88 Å². The van der Waals surface area contributed by atoms with E-state index in [0.29, 0.717) is 32.0 Å². The topological polar surface area (TPSA) is 59.5 Å². The molecule has 1 radical (unpaired) electrons. The number of benzene rings is 1. The molecule has 0 N–H and O–H groups in total. The fourth-order valence-electron chi connectivity index (χ4n) is 2.78. The Hall–Kier alpha value is -2.47. The van der Waals surface area contributed by atoms with Crippen molar-refractivity contribution in [2.24, 2.45) is 0 Å². The van der Waals surface area contributed by atoms with Crippen molar-refractivity contribution in [2.75, 3.05) is 13.1 Å². The van der Waals surface area contributed by atoms with Crippen LogP contribution in [0.5, 0.6) is 5.88 Å². The first-order chi connectivity index (χ1) is 11.8. The van der Waals surface area contributed by atoms with Gasteiger partial charge in [-0.05, 0) is 17.7 Å². The number of Topliss-reactive ketones (excluding diaryl/α,β-unsaturated/α-hetero) is 1. The zero-order valence-electron chi connectivity index (χ0n) is 13.3. The first-order valence-electron chi connectivity index (χ1n) is 7.94. The van der Waals surface area contributed by atoms with Crippen LogP contribution in [0.1, 0.15) is 23.5 Å². The number of ether oxygens (including phenoxy) is 1. The third-order valence-electron chi connectivity index (χ3n) is 4.11. The molecule has 1 fully saturated rings. The van der Waals surface area contributed by atoms with Crippen molar-refractivity contribution in [1.82, 2.24) is 9.79 Å². The van der Waals surface area contributed by atoms with E-state index in [1.807, 2.05) is 41.2 Å². The van der Waals surface area contributed by atoms with Gasteiger partial charge in [0.05, 0.1) is 12.1 Å². The van der Waals surface area contributed by atoms with Crippen LogP contribution >= 0.6 is 0 Å². The Kier molecular flexibility index (Phi) is 5.38. The number of piperidine rings is 1. The van der Waals surface area contributed by atoms with Crippen LogP contribution in [0, 0.1) is 0 Å². The van der Waals surface area contributed by atoms with E-state index in [-0.39, 0.29) is 11.7 Å². The highest BCUT2D eigenvalue weighted by atomic mass is 16.5. The predicted octanol–water partition coefficient (Wildman–Crippen LogP) is 1.83. The SMILES string of the molecule is O=C[B]N1CCC(=O)C(c2ccc(OCc3ccccc3)nc2)C1. The van der Waals surface area contributed by atoms with E-state index < -0.39 is 0 Å². The lowest BCUT2D eigenvalue weighted by molar-refractivity contribution is -0.122. The summed E-state index contributed by atoms with van der Waals surface area (Å²) in [4.78, 5) is 28.9. The van der Waals surface area contributed by atoms with Gasteiger partial charge < -0.3 is 14.3 Å². The van der Waals surface area contributed by atoms with Crippen molar-refractivity contribution >= 4 is 19.4 Å². The van der Waals surface area contributed by atoms with Crippen LogP contribution in [0.4, 0.5) is 0 Å². The van der Waals surface area contributed by atoms with Gasteiger partial charge in [-0.1, -0.05) is 36.4 Å². The summed E-state index contributed by atoms with van der Waals surface area (Å²) >= 11 is 0. The number of pyridine rings is 1. The molecule has 3 rings (SSSR count). The van der Waals surface area contributed by atoms with Crippen molar-refractivity contribution in [3.8, 4) is 5.88 Å². The molecule has 1 atom stereocenters. The number of hydrogen-bond acceptors (Lipinski definition) is 5. The summed E-state index contributed by atoms with van der Waals surface area (Å²) in [5.74, 6) is 0.470. The molecule has 1 unspecified atom stereocenters. The molecular weight excluding hydrogens is 303 g/mol. The Morgan fingerprint density at radius 2 is 2.08 bits per heavy atom. The van der Waals surface area contributed by atoms with Gasteiger partial charge in [0.1, 0.15) is 12.4 Å². The lowest BCUT2D eigenvalue weighted by atomic mass is 9.84.